The number of rotatable bonds is 4. The van der Waals surface area contributed by atoms with Crippen LogP contribution in [0.2, 0.25) is 0 Å². The topological polar surface area (TPSA) is 15.6 Å². The molecule has 2 heteroatoms. The van der Waals surface area contributed by atoms with Gasteiger partial charge in [-0.05, 0) is 106 Å². The summed E-state index contributed by atoms with van der Waals surface area (Å²) in [6.07, 6.45) is 29.6. The Morgan fingerprint density at radius 3 is 2.18 bits per heavy atom. The van der Waals surface area contributed by atoms with E-state index in [2.05, 4.69) is 135 Å². The van der Waals surface area contributed by atoms with Gasteiger partial charge in [0, 0.05) is 22.9 Å². The second-order valence-electron chi connectivity index (χ2n) is 13.1. The molecule has 3 aromatic carbocycles. The summed E-state index contributed by atoms with van der Waals surface area (Å²) in [5, 5.41) is 5.55. The standard InChI is InChI=1S/C43H40N2/c1-28-14-12-16-31(26-28)41-35-20-5-7-22-37(35)42(38-23-8-6-21-36(38)41)32-17-13-18-33(27-32)43-44-39-24-10-9-19-34(39)30(3)45(43)40-25-11-4-15-29(40)2/h4-5,7,9-10,12-24,28,33H,3,6,8,11,25-27H2,1-2H3/t28-,33?/m0/s1. The Hall–Kier alpha value is -4.69. The van der Waals surface area contributed by atoms with Gasteiger partial charge in [0.05, 0.1) is 5.69 Å². The SMILES string of the molecule is C=C1c2ccccc2N=C(C2C=CC=C(c3c4c(c(C5=CC=C[C@H](C)C5)c5ccccc35)=CCCC=4)C2)N1C1=C(C)C=CCC1. The first-order chi connectivity index (χ1) is 22.1. The molecule has 1 aliphatic heterocycles. The molecule has 222 valence electrons. The van der Waals surface area contributed by atoms with E-state index < -0.39 is 0 Å². The Balaban J connectivity index is 1.28. The van der Waals surface area contributed by atoms with Gasteiger partial charge in [0.1, 0.15) is 5.84 Å². The minimum atomic E-state index is 0.134. The fourth-order valence-corrected chi connectivity index (χ4v) is 7.98. The molecule has 0 bridgehead atoms. The van der Waals surface area contributed by atoms with Crippen molar-refractivity contribution in [3.8, 4) is 0 Å². The van der Waals surface area contributed by atoms with Crippen LogP contribution in [-0.4, -0.2) is 10.7 Å². The lowest BCUT2D eigenvalue weighted by atomic mass is 9.80. The highest BCUT2D eigenvalue weighted by Gasteiger charge is 2.33. The molecule has 0 spiro atoms. The van der Waals surface area contributed by atoms with Gasteiger partial charge < -0.3 is 4.90 Å². The third-order valence-corrected chi connectivity index (χ3v) is 10.1. The van der Waals surface area contributed by atoms with Crippen LogP contribution < -0.4 is 10.4 Å². The number of amidine groups is 1. The Bertz CT molecular complexity index is 2110. The molecule has 1 heterocycles. The third-order valence-electron chi connectivity index (χ3n) is 10.1. The lowest BCUT2D eigenvalue weighted by Gasteiger charge is -2.39. The van der Waals surface area contributed by atoms with Gasteiger partial charge in [-0.3, -0.25) is 0 Å². The number of para-hydroxylation sites is 1. The fraction of sp³-hybridized carbons (Fsp3) is 0.233. The summed E-state index contributed by atoms with van der Waals surface area (Å²) >= 11 is 0. The summed E-state index contributed by atoms with van der Waals surface area (Å²) in [6.45, 7) is 9.21. The van der Waals surface area contributed by atoms with Gasteiger partial charge >= 0.3 is 0 Å². The van der Waals surface area contributed by atoms with Gasteiger partial charge in [-0.1, -0.05) is 117 Å². The zero-order valence-electron chi connectivity index (χ0n) is 26.4. The minimum absolute atomic E-state index is 0.134. The molecule has 1 unspecified atom stereocenters. The number of aliphatic imine (C=N–C) groups is 1. The number of hydrogen-bond acceptors (Lipinski definition) is 2. The number of hydrogen-bond donors (Lipinski definition) is 0. The summed E-state index contributed by atoms with van der Waals surface area (Å²) in [5.41, 5.74) is 11.5. The van der Waals surface area contributed by atoms with Crippen molar-refractivity contribution < 1.29 is 0 Å². The van der Waals surface area contributed by atoms with Crippen LogP contribution in [0, 0.1) is 11.8 Å². The predicted octanol–water partition coefficient (Wildman–Crippen LogP) is 9.77. The summed E-state index contributed by atoms with van der Waals surface area (Å²) in [6, 6.07) is 17.6. The van der Waals surface area contributed by atoms with Gasteiger partial charge in [0.15, 0.2) is 0 Å². The number of fused-ring (bicyclic) bond motifs is 3. The lowest BCUT2D eigenvalue weighted by Crippen LogP contribution is -2.38. The first-order valence-corrected chi connectivity index (χ1v) is 16.6. The Kier molecular flexibility index (Phi) is 7.02. The Morgan fingerprint density at radius 2 is 1.47 bits per heavy atom. The first kappa shape index (κ1) is 27.8. The van der Waals surface area contributed by atoms with Crippen LogP contribution in [0.1, 0.15) is 69.1 Å². The van der Waals surface area contributed by atoms with E-state index in [-0.39, 0.29) is 5.92 Å². The molecule has 0 saturated heterocycles. The maximum atomic E-state index is 5.39. The second kappa shape index (κ2) is 11.3. The van der Waals surface area contributed by atoms with Crippen molar-refractivity contribution in [2.45, 2.75) is 52.4 Å². The maximum Gasteiger partial charge on any atom is 0.121 e. The third kappa shape index (κ3) is 4.75. The van der Waals surface area contributed by atoms with Crippen molar-refractivity contribution in [1.29, 1.82) is 0 Å². The van der Waals surface area contributed by atoms with Crippen LogP contribution in [0.15, 0.2) is 120 Å². The Labute approximate surface area is 266 Å². The van der Waals surface area contributed by atoms with Crippen molar-refractivity contribution in [2.24, 2.45) is 16.8 Å². The van der Waals surface area contributed by atoms with Crippen LogP contribution in [-0.2, 0) is 0 Å². The van der Waals surface area contributed by atoms with E-state index in [0.717, 1.165) is 61.3 Å². The van der Waals surface area contributed by atoms with Crippen molar-refractivity contribution in [2.75, 3.05) is 0 Å². The van der Waals surface area contributed by atoms with Crippen molar-refractivity contribution >= 4 is 51.3 Å². The average molecular weight is 585 g/mol. The highest BCUT2D eigenvalue weighted by atomic mass is 15.2. The quantitative estimate of drug-likeness (QED) is 0.298. The molecule has 5 aliphatic rings. The Morgan fingerprint density at radius 1 is 0.800 bits per heavy atom. The largest absolute Gasteiger partial charge is 0.301 e. The van der Waals surface area contributed by atoms with Gasteiger partial charge in [0.2, 0.25) is 0 Å². The molecule has 2 nitrogen and oxygen atoms in total. The normalized spacial score (nSPS) is 22.3. The van der Waals surface area contributed by atoms with E-state index in [1.165, 1.54) is 54.8 Å². The van der Waals surface area contributed by atoms with Gasteiger partial charge in [-0.15, -0.1) is 0 Å². The van der Waals surface area contributed by atoms with Gasteiger partial charge in [-0.25, -0.2) is 4.99 Å². The summed E-state index contributed by atoms with van der Waals surface area (Å²) in [4.78, 5) is 7.78. The smallest absolute Gasteiger partial charge is 0.121 e. The summed E-state index contributed by atoms with van der Waals surface area (Å²) in [5.74, 6) is 1.77. The van der Waals surface area contributed by atoms with Crippen LogP contribution in [0.3, 0.4) is 0 Å². The maximum absolute atomic E-state index is 5.39. The molecule has 0 N–H and O–H groups in total. The summed E-state index contributed by atoms with van der Waals surface area (Å²) in [7, 11) is 0. The number of allylic oxidation sites excluding steroid dienone is 11. The fourth-order valence-electron chi connectivity index (χ4n) is 7.98. The van der Waals surface area contributed by atoms with E-state index >= 15 is 0 Å². The number of nitrogens with zero attached hydrogens (tertiary/aromatic N) is 2. The molecule has 45 heavy (non-hydrogen) atoms. The zero-order chi connectivity index (χ0) is 30.5. The lowest BCUT2D eigenvalue weighted by molar-refractivity contribution is 0.606. The molecule has 0 amide bonds. The van der Waals surface area contributed by atoms with Gasteiger partial charge in [-0.2, -0.15) is 0 Å². The minimum Gasteiger partial charge on any atom is -0.301 e. The van der Waals surface area contributed by atoms with Gasteiger partial charge in [0.25, 0.3) is 0 Å². The van der Waals surface area contributed by atoms with E-state index in [1.807, 2.05) is 0 Å². The van der Waals surface area contributed by atoms with E-state index in [9.17, 15) is 0 Å². The molecular formula is C43H40N2. The van der Waals surface area contributed by atoms with Crippen molar-refractivity contribution in [3.05, 3.63) is 142 Å². The van der Waals surface area contributed by atoms with Crippen LogP contribution in [0.4, 0.5) is 5.69 Å². The van der Waals surface area contributed by atoms with Crippen LogP contribution in [0.25, 0.3) is 39.8 Å². The predicted molar refractivity (Wildman–Crippen MR) is 193 cm³/mol. The first-order valence-electron chi connectivity index (χ1n) is 16.6. The molecule has 3 aromatic rings. The highest BCUT2D eigenvalue weighted by Crippen LogP contribution is 2.42. The van der Waals surface area contributed by atoms with E-state index in [0.29, 0.717) is 5.92 Å². The van der Waals surface area contributed by atoms with Crippen molar-refractivity contribution in [3.63, 3.8) is 0 Å². The second-order valence-corrected chi connectivity index (χ2v) is 13.1. The molecule has 8 rings (SSSR count). The average Bonchev–Trinajstić information content (AvgIpc) is 3.07. The highest BCUT2D eigenvalue weighted by molar-refractivity contribution is 6.05. The molecule has 0 radical (unpaired) electrons. The van der Waals surface area contributed by atoms with Crippen LogP contribution >= 0.6 is 0 Å². The zero-order valence-corrected chi connectivity index (χ0v) is 26.4. The molecule has 2 atom stereocenters. The molecule has 0 fully saturated rings. The van der Waals surface area contributed by atoms with E-state index in [4.69, 9.17) is 4.99 Å². The van der Waals surface area contributed by atoms with Crippen LogP contribution in [0.5, 0.6) is 0 Å². The monoisotopic (exact) mass is 584 g/mol. The molecule has 0 saturated carbocycles. The van der Waals surface area contributed by atoms with Crippen molar-refractivity contribution in [1.82, 2.24) is 4.90 Å². The molecule has 4 aliphatic carbocycles. The number of benzene rings is 3. The van der Waals surface area contributed by atoms with E-state index in [1.54, 1.807) is 0 Å². The molecule has 0 aromatic heterocycles. The summed E-state index contributed by atoms with van der Waals surface area (Å²) < 4.78 is 0. The molecular weight excluding hydrogens is 544 g/mol.